The molecule has 1 aliphatic heterocycles. The van der Waals surface area contributed by atoms with Gasteiger partial charge < -0.3 is 9.84 Å². The Balaban J connectivity index is 2.06. The Labute approximate surface area is 115 Å². The van der Waals surface area contributed by atoms with Crippen molar-refractivity contribution in [2.45, 2.75) is 76.1 Å². The highest BCUT2D eigenvalue weighted by molar-refractivity contribution is 6.22. The summed E-state index contributed by atoms with van der Waals surface area (Å²) >= 11 is 6.43. The van der Waals surface area contributed by atoms with Gasteiger partial charge in [-0.1, -0.05) is 27.7 Å². The van der Waals surface area contributed by atoms with Gasteiger partial charge in [-0.25, -0.2) is 0 Å². The maximum absolute atomic E-state index is 10.8. The van der Waals surface area contributed by atoms with Crippen LogP contribution in [-0.4, -0.2) is 27.3 Å². The van der Waals surface area contributed by atoms with Crippen LogP contribution >= 0.6 is 11.6 Å². The van der Waals surface area contributed by atoms with Crippen molar-refractivity contribution in [3.05, 3.63) is 0 Å². The van der Waals surface area contributed by atoms with Gasteiger partial charge in [-0.15, -0.1) is 11.6 Å². The Morgan fingerprint density at radius 1 is 1.22 bits per heavy atom. The van der Waals surface area contributed by atoms with E-state index in [1.807, 2.05) is 6.92 Å². The molecule has 3 fully saturated rings. The molecule has 0 radical (unpaired) electrons. The van der Waals surface area contributed by atoms with Crippen LogP contribution in [0.4, 0.5) is 0 Å². The second-order valence-corrected chi connectivity index (χ2v) is 8.56. The van der Waals surface area contributed by atoms with Crippen LogP contribution in [0.2, 0.25) is 0 Å². The molecule has 2 saturated carbocycles. The van der Waals surface area contributed by atoms with E-state index in [-0.39, 0.29) is 22.0 Å². The molecule has 2 nitrogen and oxygen atoms in total. The molecular formula is C15H25ClO2. The van der Waals surface area contributed by atoms with Crippen molar-refractivity contribution in [2.75, 3.05) is 0 Å². The molecule has 2 aliphatic carbocycles. The number of rotatable bonds is 1. The summed E-state index contributed by atoms with van der Waals surface area (Å²) in [5.41, 5.74) is -1.20. The predicted molar refractivity (Wildman–Crippen MR) is 72.8 cm³/mol. The van der Waals surface area contributed by atoms with Crippen molar-refractivity contribution in [1.82, 2.24) is 0 Å². The van der Waals surface area contributed by atoms with Crippen molar-refractivity contribution in [1.29, 1.82) is 0 Å². The quantitative estimate of drug-likeness (QED) is 0.587. The zero-order chi connectivity index (χ0) is 13.6. The molecule has 1 saturated heterocycles. The molecule has 0 aromatic rings. The number of aliphatic hydroxyl groups is 1. The first kappa shape index (κ1) is 13.2. The molecule has 0 aromatic heterocycles. The lowest BCUT2D eigenvalue weighted by molar-refractivity contribution is -0.0403. The molecular weight excluding hydrogens is 248 g/mol. The summed E-state index contributed by atoms with van der Waals surface area (Å²) in [6.07, 6.45) is 2.91. The average molecular weight is 273 g/mol. The molecule has 5 atom stereocenters. The topological polar surface area (TPSA) is 32.8 Å². The van der Waals surface area contributed by atoms with Crippen molar-refractivity contribution >= 4 is 11.6 Å². The fourth-order valence-electron chi connectivity index (χ4n) is 4.91. The number of ether oxygens (including phenoxy) is 1. The van der Waals surface area contributed by atoms with Crippen LogP contribution in [0, 0.1) is 17.3 Å². The van der Waals surface area contributed by atoms with Crippen LogP contribution in [-0.2, 0) is 4.74 Å². The van der Waals surface area contributed by atoms with Gasteiger partial charge in [-0.2, -0.15) is 0 Å². The molecule has 0 amide bonds. The summed E-state index contributed by atoms with van der Waals surface area (Å²) in [4.78, 5) is 0. The first-order valence-electron chi connectivity index (χ1n) is 7.15. The van der Waals surface area contributed by atoms with Crippen LogP contribution < -0.4 is 0 Å². The van der Waals surface area contributed by atoms with Crippen molar-refractivity contribution < 1.29 is 9.84 Å². The van der Waals surface area contributed by atoms with E-state index < -0.39 is 5.60 Å². The number of alkyl halides is 1. The Kier molecular flexibility index (Phi) is 2.40. The lowest BCUT2D eigenvalue weighted by Gasteiger charge is -2.43. The van der Waals surface area contributed by atoms with E-state index in [0.29, 0.717) is 11.8 Å². The molecule has 0 aromatic carbocycles. The van der Waals surface area contributed by atoms with E-state index in [9.17, 15) is 5.11 Å². The van der Waals surface area contributed by atoms with Crippen molar-refractivity contribution in [2.24, 2.45) is 17.3 Å². The van der Waals surface area contributed by atoms with Gasteiger partial charge in [0, 0.05) is 0 Å². The molecule has 0 spiro atoms. The summed E-state index contributed by atoms with van der Waals surface area (Å²) in [6.45, 7) is 11.0. The zero-order valence-electron chi connectivity index (χ0n) is 12.1. The second-order valence-electron chi connectivity index (χ2n) is 8.03. The number of halogens is 1. The Bertz CT molecular complexity index is 390. The second kappa shape index (κ2) is 3.27. The van der Waals surface area contributed by atoms with Gasteiger partial charge in [0.2, 0.25) is 0 Å². The van der Waals surface area contributed by atoms with Crippen molar-refractivity contribution in [3.8, 4) is 0 Å². The maximum Gasteiger partial charge on any atom is 0.128 e. The zero-order valence-corrected chi connectivity index (χ0v) is 12.8. The van der Waals surface area contributed by atoms with Crippen LogP contribution in [0.15, 0.2) is 0 Å². The first-order valence-corrected chi connectivity index (χ1v) is 7.58. The lowest BCUT2D eigenvalue weighted by Crippen LogP contribution is -2.52. The molecule has 0 unspecified atom stereocenters. The minimum absolute atomic E-state index is 0.146. The fourth-order valence-corrected chi connectivity index (χ4v) is 5.32. The van der Waals surface area contributed by atoms with E-state index in [2.05, 4.69) is 27.7 Å². The molecule has 1 heterocycles. The first-order chi connectivity index (χ1) is 8.08. The summed E-state index contributed by atoms with van der Waals surface area (Å²) in [5.74, 6) is 1.08. The lowest BCUT2D eigenvalue weighted by atomic mass is 9.59. The normalized spacial score (nSPS) is 57.3. The van der Waals surface area contributed by atoms with E-state index in [1.54, 1.807) is 0 Å². The average Bonchev–Trinajstić information content (AvgIpc) is 2.80. The molecule has 3 heteroatoms. The van der Waals surface area contributed by atoms with E-state index >= 15 is 0 Å². The molecule has 3 rings (SSSR count). The van der Waals surface area contributed by atoms with Gasteiger partial charge in [0.25, 0.3) is 0 Å². The molecule has 1 N–H and O–H groups in total. The number of hydrogen-bond donors (Lipinski definition) is 1. The number of hydrogen-bond acceptors (Lipinski definition) is 2. The third kappa shape index (κ3) is 1.28. The minimum atomic E-state index is -0.889. The summed E-state index contributed by atoms with van der Waals surface area (Å²) in [7, 11) is 0. The van der Waals surface area contributed by atoms with E-state index in [4.69, 9.17) is 16.3 Å². The highest BCUT2D eigenvalue weighted by Crippen LogP contribution is 2.76. The third-order valence-corrected chi connectivity index (χ3v) is 6.39. The third-order valence-electron chi connectivity index (χ3n) is 5.81. The van der Waals surface area contributed by atoms with Crippen LogP contribution in [0.1, 0.15) is 53.9 Å². The summed E-state index contributed by atoms with van der Waals surface area (Å²) in [5, 5.41) is 10.6. The smallest absolute Gasteiger partial charge is 0.128 e. The fraction of sp³-hybridized carbons (Fsp3) is 1.00. The Morgan fingerprint density at radius 2 is 1.83 bits per heavy atom. The van der Waals surface area contributed by atoms with Gasteiger partial charge in [0.1, 0.15) is 16.8 Å². The minimum Gasteiger partial charge on any atom is -0.385 e. The van der Waals surface area contributed by atoms with Gasteiger partial charge >= 0.3 is 0 Å². The van der Waals surface area contributed by atoms with Crippen LogP contribution in [0.3, 0.4) is 0 Å². The highest BCUT2D eigenvalue weighted by Gasteiger charge is 2.87. The number of epoxide rings is 1. The Hall–Kier alpha value is 0.210. The molecule has 104 valence electrons. The standard InChI is InChI=1S/C15H25ClO2/c1-9(2)10-6-12(3,4)8-15-13(5,17)11(16)7-14(10,15)18-15/h9-11,17H,6-8H2,1-5H3/t10-,11+,13-,14-,15-/m1/s1. The summed E-state index contributed by atoms with van der Waals surface area (Å²) < 4.78 is 6.25. The molecule has 3 aliphatic rings. The van der Waals surface area contributed by atoms with Crippen LogP contribution in [0.5, 0.6) is 0 Å². The van der Waals surface area contributed by atoms with Gasteiger partial charge in [0.05, 0.1) is 5.38 Å². The van der Waals surface area contributed by atoms with E-state index in [1.165, 1.54) is 6.42 Å². The maximum atomic E-state index is 10.8. The Morgan fingerprint density at radius 3 is 2.39 bits per heavy atom. The van der Waals surface area contributed by atoms with Crippen molar-refractivity contribution in [3.63, 3.8) is 0 Å². The van der Waals surface area contributed by atoms with Gasteiger partial charge in [0.15, 0.2) is 0 Å². The van der Waals surface area contributed by atoms with Gasteiger partial charge in [-0.05, 0) is 43.4 Å². The largest absolute Gasteiger partial charge is 0.385 e. The molecule has 0 bridgehead atoms. The van der Waals surface area contributed by atoms with Crippen LogP contribution in [0.25, 0.3) is 0 Å². The van der Waals surface area contributed by atoms with Gasteiger partial charge in [-0.3, -0.25) is 0 Å². The predicted octanol–water partition coefficient (Wildman–Crippen LogP) is 3.35. The monoisotopic (exact) mass is 272 g/mol. The van der Waals surface area contributed by atoms with E-state index in [0.717, 1.165) is 12.8 Å². The molecule has 18 heavy (non-hydrogen) atoms. The summed E-state index contributed by atoms with van der Waals surface area (Å²) in [6, 6.07) is 0. The SMILES string of the molecule is CC(C)[C@H]1CC(C)(C)C[C@]23O[C@]12C[C@H](Cl)[C@@]3(C)O. The highest BCUT2D eigenvalue weighted by atomic mass is 35.5.